The van der Waals surface area contributed by atoms with E-state index < -0.39 is 0 Å². The van der Waals surface area contributed by atoms with Gasteiger partial charge in [0.2, 0.25) is 0 Å². The van der Waals surface area contributed by atoms with Crippen molar-refractivity contribution in [1.82, 2.24) is 25.0 Å². The van der Waals surface area contributed by atoms with Crippen molar-refractivity contribution in [2.45, 2.75) is 25.4 Å². The van der Waals surface area contributed by atoms with Crippen LogP contribution in [0.4, 0.5) is 0 Å². The number of carbonyl (C=O) groups excluding carboxylic acids is 1. The van der Waals surface area contributed by atoms with Gasteiger partial charge in [-0.15, -0.1) is 11.3 Å². The van der Waals surface area contributed by atoms with E-state index in [0.717, 1.165) is 45.7 Å². The molecule has 8 heteroatoms. The average Bonchev–Trinajstić information content (AvgIpc) is 3.32. The van der Waals surface area contributed by atoms with Gasteiger partial charge >= 0.3 is 0 Å². The summed E-state index contributed by atoms with van der Waals surface area (Å²) in [5.41, 5.74) is 3.38. The number of hydrogen-bond donors (Lipinski definition) is 1. The summed E-state index contributed by atoms with van der Waals surface area (Å²) in [5, 5.41) is 9.24. The number of ether oxygens (including phenoxy) is 1. The van der Waals surface area contributed by atoms with Crippen molar-refractivity contribution >= 4 is 17.2 Å². The second-order valence-electron chi connectivity index (χ2n) is 6.75. The van der Waals surface area contributed by atoms with Crippen LogP contribution in [0.5, 0.6) is 0 Å². The van der Waals surface area contributed by atoms with Crippen molar-refractivity contribution in [1.29, 1.82) is 0 Å². The zero-order valence-electron chi connectivity index (χ0n) is 14.1. The Balaban J connectivity index is 1.39. The molecule has 4 rings (SSSR count). The second kappa shape index (κ2) is 7.63. The normalized spacial score (nSPS) is 21.8. The number of nitrogens with one attached hydrogen (secondary N) is 1. The molecule has 1 amide bonds. The number of aromatic nitrogens is 3. The summed E-state index contributed by atoms with van der Waals surface area (Å²) in [6, 6.07) is 2.23. The number of nitrogens with zero attached hydrogens (tertiary/aromatic N) is 4. The minimum Gasteiger partial charge on any atom is -0.381 e. The second-order valence-corrected chi connectivity index (χ2v) is 7.47. The van der Waals surface area contributed by atoms with Crippen molar-refractivity contribution < 1.29 is 9.53 Å². The van der Waals surface area contributed by atoms with Crippen LogP contribution in [0.15, 0.2) is 23.2 Å². The van der Waals surface area contributed by atoms with Crippen molar-refractivity contribution in [3.05, 3.63) is 34.5 Å². The van der Waals surface area contributed by atoms with Gasteiger partial charge < -0.3 is 10.1 Å². The van der Waals surface area contributed by atoms with E-state index in [2.05, 4.69) is 31.0 Å². The lowest BCUT2D eigenvalue weighted by atomic mass is 9.99. The van der Waals surface area contributed by atoms with Crippen LogP contribution in [-0.2, 0) is 11.3 Å². The predicted octanol–water partition coefficient (Wildman–Crippen LogP) is 1.55. The van der Waals surface area contributed by atoms with Gasteiger partial charge in [-0.05, 0) is 24.8 Å². The van der Waals surface area contributed by atoms with Crippen molar-refractivity contribution in [2.75, 3.05) is 32.8 Å². The molecule has 134 valence electrons. The zero-order chi connectivity index (χ0) is 17.1. The summed E-state index contributed by atoms with van der Waals surface area (Å²) >= 11 is 1.43. The van der Waals surface area contributed by atoms with Crippen LogP contribution in [0.25, 0.3) is 0 Å². The van der Waals surface area contributed by atoms with E-state index in [1.54, 1.807) is 10.9 Å². The monoisotopic (exact) mass is 361 g/mol. The first kappa shape index (κ1) is 16.7. The molecule has 0 radical (unpaired) electrons. The molecule has 0 spiro atoms. The number of carbonyl (C=O) groups is 1. The van der Waals surface area contributed by atoms with Gasteiger partial charge in [-0.2, -0.15) is 5.10 Å². The van der Waals surface area contributed by atoms with Crippen molar-refractivity contribution in [2.24, 2.45) is 5.92 Å². The summed E-state index contributed by atoms with van der Waals surface area (Å²) in [4.78, 5) is 18.7. The van der Waals surface area contributed by atoms with Gasteiger partial charge in [0.05, 0.1) is 17.2 Å². The number of fused-ring (bicyclic) bond motifs is 1. The molecule has 25 heavy (non-hydrogen) atoms. The lowest BCUT2D eigenvalue weighted by molar-refractivity contribution is 0.0446. The standard InChI is InChI=1S/C17H23N5O2S/c23-17(16-11-25-12-19-16)18-7-15-10-21(8-13-2-5-24-6-3-13)9-14-1-4-20-22(14)15/h1,4,11-13,15H,2-3,5-10H2,(H,18,23). The maximum Gasteiger partial charge on any atom is 0.270 e. The Morgan fingerprint density at radius 3 is 3.08 bits per heavy atom. The number of thiazole rings is 1. The average molecular weight is 361 g/mol. The fraction of sp³-hybridized carbons (Fsp3) is 0.588. The Hall–Kier alpha value is -1.77. The van der Waals surface area contributed by atoms with Gasteiger partial charge in [0.25, 0.3) is 5.91 Å². The highest BCUT2D eigenvalue weighted by Gasteiger charge is 2.28. The lowest BCUT2D eigenvalue weighted by Gasteiger charge is -2.36. The molecule has 2 aliphatic rings. The van der Waals surface area contributed by atoms with E-state index in [0.29, 0.717) is 18.2 Å². The molecule has 1 unspecified atom stereocenters. The molecule has 0 bridgehead atoms. The number of amides is 1. The van der Waals surface area contributed by atoms with Crippen LogP contribution in [0.1, 0.15) is 35.1 Å². The molecule has 1 atom stereocenters. The van der Waals surface area contributed by atoms with Crippen LogP contribution in [-0.4, -0.2) is 58.4 Å². The minimum absolute atomic E-state index is 0.114. The molecular weight excluding hydrogens is 338 g/mol. The molecule has 0 saturated carbocycles. The van der Waals surface area contributed by atoms with Gasteiger partial charge in [-0.3, -0.25) is 14.4 Å². The van der Waals surface area contributed by atoms with Gasteiger partial charge in [0.15, 0.2) is 0 Å². The minimum atomic E-state index is -0.114. The largest absolute Gasteiger partial charge is 0.381 e. The Bertz CT molecular complexity index is 696. The van der Waals surface area contributed by atoms with Gasteiger partial charge in [-0.25, -0.2) is 4.98 Å². The molecule has 7 nitrogen and oxygen atoms in total. The molecule has 1 fully saturated rings. The van der Waals surface area contributed by atoms with Gasteiger partial charge in [-0.1, -0.05) is 0 Å². The topological polar surface area (TPSA) is 72.3 Å². The first-order valence-corrected chi connectivity index (χ1v) is 9.73. The van der Waals surface area contributed by atoms with Gasteiger partial charge in [0, 0.05) is 51.0 Å². The Labute approximate surface area is 151 Å². The van der Waals surface area contributed by atoms with Crippen molar-refractivity contribution in [3.63, 3.8) is 0 Å². The van der Waals surface area contributed by atoms with E-state index >= 15 is 0 Å². The van der Waals surface area contributed by atoms with Crippen LogP contribution in [0.2, 0.25) is 0 Å². The maximum absolute atomic E-state index is 12.2. The van der Waals surface area contributed by atoms with Crippen LogP contribution >= 0.6 is 11.3 Å². The predicted molar refractivity (Wildman–Crippen MR) is 94.5 cm³/mol. The van der Waals surface area contributed by atoms with Gasteiger partial charge in [0.1, 0.15) is 5.69 Å². The first-order valence-electron chi connectivity index (χ1n) is 8.78. The maximum atomic E-state index is 12.2. The fourth-order valence-corrected chi connectivity index (χ4v) is 4.21. The molecule has 1 saturated heterocycles. The molecule has 0 aliphatic carbocycles. The molecule has 2 aromatic rings. The Kier molecular flexibility index (Phi) is 5.09. The van der Waals surface area contributed by atoms with Crippen LogP contribution in [0, 0.1) is 5.92 Å². The van der Waals surface area contributed by atoms with E-state index in [1.165, 1.54) is 17.0 Å². The van der Waals surface area contributed by atoms with E-state index in [-0.39, 0.29) is 11.9 Å². The third-order valence-electron chi connectivity index (χ3n) is 4.97. The van der Waals surface area contributed by atoms with E-state index in [1.807, 2.05) is 6.20 Å². The van der Waals surface area contributed by atoms with Crippen LogP contribution < -0.4 is 5.32 Å². The Morgan fingerprint density at radius 1 is 1.40 bits per heavy atom. The summed E-state index contributed by atoms with van der Waals surface area (Å²) in [7, 11) is 0. The van der Waals surface area contributed by atoms with Crippen molar-refractivity contribution in [3.8, 4) is 0 Å². The third-order valence-corrected chi connectivity index (χ3v) is 5.56. The highest BCUT2D eigenvalue weighted by atomic mass is 32.1. The third kappa shape index (κ3) is 3.91. The molecule has 4 heterocycles. The summed E-state index contributed by atoms with van der Waals surface area (Å²) in [6.07, 6.45) is 4.13. The fourth-order valence-electron chi connectivity index (χ4n) is 3.67. The summed E-state index contributed by atoms with van der Waals surface area (Å²) in [6.45, 7) is 5.24. The zero-order valence-corrected chi connectivity index (χ0v) is 15.0. The number of rotatable bonds is 5. The van der Waals surface area contributed by atoms with E-state index in [9.17, 15) is 4.79 Å². The molecule has 2 aromatic heterocycles. The van der Waals surface area contributed by atoms with E-state index in [4.69, 9.17) is 4.74 Å². The highest BCUT2D eigenvalue weighted by Crippen LogP contribution is 2.23. The molecule has 1 N–H and O–H groups in total. The Morgan fingerprint density at radius 2 is 2.28 bits per heavy atom. The highest BCUT2D eigenvalue weighted by molar-refractivity contribution is 7.07. The first-order chi connectivity index (χ1) is 12.3. The smallest absolute Gasteiger partial charge is 0.270 e. The molecule has 2 aliphatic heterocycles. The lowest BCUT2D eigenvalue weighted by Crippen LogP contribution is -2.45. The molecular formula is C17H23N5O2S. The SMILES string of the molecule is O=C(NCC1CN(CC2CCOCC2)Cc2ccnn21)c1cscn1. The quantitative estimate of drug-likeness (QED) is 0.875. The summed E-state index contributed by atoms with van der Waals surface area (Å²) < 4.78 is 7.53. The van der Waals surface area contributed by atoms with Crippen LogP contribution in [0.3, 0.4) is 0 Å². The number of hydrogen-bond acceptors (Lipinski definition) is 6. The molecule has 0 aromatic carbocycles. The summed E-state index contributed by atoms with van der Waals surface area (Å²) in [5.74, 6) is 0.588.